The standard InChI is InChI=1S/C13H18FNOS/c1-8(2)12(17)13(16)15-9(3)10-5-4-6-11(14)7-10/h4-9,12,17H,1-3H3,(H,15,16). The molecule has 0 spiro atoms. The average molecular weight is 255 g/mol. The summed E-state index contributed by atoms with van der Waals surface area (Å²) in [6.45, 7) is 5.70. The Morgan fingerprint density at radius 3 is 2.53 bits per heavy atom. The molecule has 0 heterocycles. The van der Waals surface area contributed by atoms with Crippen LogP contribution in [0.25, 0.3) is 0 Å². The maximum Gasteiger partial charge on any atom is 0.233 e. The van der Waals surface area contributed by atoms with E-state index in [1.54, 1.807) is 12.1 Å². The number of carbonyl (C=O) groups is 1. The molecule has 94 valence electrons. The van der Waals surface area contributed by atoms with Crippen LogP contribution in [0.2, 0.25) is 0 Å². The highest BCUT2D eigenvalue weighted by molar-refractivity contribution is 7.81. The zero-order valence-electron chi connectivity index (χ0n) is 10.3. The van der Waals surface area contributed by atoms with Crippen LogP contribution in [-0.2, 0) is 4.79 Å². The summed E-state index contributed by atoms with van der Waals surface area (Å²) >= 11 is 4.24. The zero-order chi connectivity index (χ0) is 13.0. The molecule has 4 heteroatoms. The van der Waals surface area contributed by atoms with Crippen LogP contribution in [0.5, 0.6) is 0 Å². The quantitative estimate of drug-likeness (QED) is 0.796. The van der Waals surface area contributed by atoms with Gasteiger partial charge >= 0.3 is 0 Å². The number of halogens is 1. The van der Waals surface area contributed by atoms with Crippen molar-refractivity contribution in [2.45, 2.75) is 32.1 Å². The molecular weight excluding hydrogens is 237 g/mol. The zero-order valence-corrected chi connectivity index (χ0v) is 11.2. The maximum absolute atomic E-state index is 13.0. The smallest absolute Gasteiger partial charge is 0.233 e. The monoisotopic (exact) mass is 255 g/mol. The van der Waals surface area contributed by atoms with Crippen LogP contribution in [0.15, 0.2) is 24.3 Å². The Morgan fingerprint density at radius 1 is 1.35 bits per heavy atom. The highest BCUT2D eigenvalue weighted by Crippen LogP contribution is 2.15. The summed E-state index contributed by atoms with van der Waals surface area (Å²) in [6.07, 6.45) is 0. The van der Waals surface area contributed by atoms with Crippen LogP contribution in [0.3, 0.4) is 0 Å². The first-order chi connectivity index (χ1) is 7.91. The number of carbonyl (C=O) groups excluding carboxylic acids is 1. The molecule has 0 saturated heterocycles. The molecule has 2 nitrogen and oxygen atoms in total. The van der Waals surface area contributed by atoms with E-state index in [2.05, 4.69) is 17.9 Å². The lowest BCUT2D eigenvalue weighted by Crippen LogP contribution is -2.36. The van der Waals surface area contributed by atoms with Crippen molar-refractivity contribution in [3.63, 3.8) is 0 Å². The molecule has 0 radical (unpaired) electrons. The van der Waals surface area contributed by atoms with Gasteiger partial charge in [0.2, 0.25) is 5.91 Å². The van der Waals surface area contributed by atoms with Crippen molar-refractivity contribution < 1.29 is 9.18 Å². The van der Waals surface area contributed by atoms with Crippen molar-refractivity contribution in [1.82, 2.24) is 5.32 Å². The predicted molar refractivity (Wildman–Crippen MR) is 70.6 cm³/mol. The lowest BCUT2D eigenvalue weighted by Gasteiger charge is -2.19. The molecule has 0 aliphatic rings. The first-order valence-electron chi connectivity index (χ1n) is 5.65. The Balaban J connectivity index is 2.66. The number of nitrogens with one attached hydrogen (secondary N) is 1. The van der Waals surface area contributed by atoms with Crippen molar-refractivity contribution in [1.29, 1.82) is 0 Å². The van der Waals surface area contributed by atoms with Gasteiger partial charge in [-0.3, -0.25) is 4.79 Å². The Hall–Kier alpha value is -1.03. The molecule has 17 heavy (non-hydrogen) atoms. The molecule has 1 aromatic rings. The highest BCUT2D eigenvalue weighted by Gasteiger charge is 2.19. The van der Waals surface area contributed by atoms with Crippen molar-refractivity contribution in [3.05, 3.63) is 35.6 Å². The average Bonchev–Trinajstić information content (AvgIpc) is 2.27. The number of amides is 1. The van der Waals surface area contributed by atoms with E-state index in [1.165, 1.54) is 12.1 Å². The van der Waals surface area contributed by atoms with Crippen molar-refractivity contribution in [2.24, 2.45) is 5.92 Å². The molecular formula is C13H18FNOS. The van der Waals surface area contributed by atoms with Gasteiger partial charge in [0, 0.05) is 0 Å². The minimum Gasteiger partial charge on any atom is -0.349 e. The molecule has 1 rings (SSSR count). The van der Waals surface area contributed by atoms with Crippen LogP contribution in [0.4, 0.5) is 4.39 Å². The second kappa shape index (κ2) is 6.05. The minimum atomic E-state index is -0.342. The van der Waals surface area contributed by atoms with E-state index in [4.69, 9.17) is 0 Å². The fourth-order valence-corrected chi connectivity index (χ4v) is 1.54. The Morgan fingerprint density at radius 2 is 2.00 bits per heavy atom. The third-order valence-corrected chi connectivity index (χ3v) is 3.44. The second-order valence-electron chi connectivity index (χ2n) is 4.47. The van der Waals surface area contributed by atoms with Gasteiger partial charge in [0.1, 0.15) is 5.82 Å². The number of rotatable bonds is 4. The lowest BCUT2D eigenvalue weighted by molar-refractivity contribution is -0.121. The molecule has 1 aromatic carbocycles. The Kier molecular flexibility index (Phi) is 5.00. The third-order valence-electron chi connectivity index (χ3n) is 2.61. The number of benzene rings is 1. The summed E-state index contributed by atoms with van der Waals surface area (Å²) in [4.78, 5) is 11.8. The molecule has 0 aliphatic heterocycles. The molecule has 0 saturated carbocycles. The van der Waals surface area contributed by atoms with Gasteiger partial charge in [0.15, 0.2) is 0 Å². The summed E-state index contributed by atoms with van der Waals surface area (Å²) in [6, 6.07) is 6.01. The van der Waals surface area contributed by atoms with Crippen molar-refractivity contribution >= 4 is 18.5 Å². The van der Waals surface area contributed by atoms with Crippen LogP contribution in [0.1, 0.15) is 32.4 Å². The molecule has 1 amide bonds. The molecule has 0 aromatic heterocycles. The maximum atomic E-state index is 13.0. The first-order valence-corrected chi connectivity index (χ1v) is 6.17. The number of hydrogen-bond donors (Lipinski definition) is 2. The van der Waals surface area contributed by atoms with E-state index in [1.807, 2.05) is 20.8 Å². The predicted octanol–water partition coefficient (Wildman–Crippen LogP) is 2.96. The summed E-state index contributed by atoms with van der Waals surface area (Å²) < 4.78 is 13.0. The van der Waals surface area contributed by atoms with Crippen LogP contribution in [-0.4, -0.2) is 11.2 Å². The number of hydrogen-bond acceptors (Lipinski definition) is 2. The number of thiol groups is 1. The van der Waals surface area contributed by atoms with Gasteiger partial charge in [-0.15, -0.1) is 0 Å². The van der Waals surface area contributed by atoms with Gasteiger partial charge in [0.05, 0.1) is 11.3 Å². The molecule has 2 atom stereocenters. The van der Waals surface area contributed by atoms with Gasteiger partial charge < -0.3 is 5.32 Å². The molecule has 0 aliphatic carbocycles. The summed E-state index contributed by atoms with van der Waals surface area (Å²) in [5.74, 6) is -0.256. The van der Waals surface area contributed by atoms with E-state index in [-0.39, 0.29) is 28.9 Å². The van der Waals surface area contributed by atoms with E-state index >= 15 is 0 Å². The van der Waals surface area contributed by atoms with Gasteiger partial charge in [-0.2, -0.15) is 12.6 Å². The summed E-state index contributed by atoms with van der Waals surface area (Å²) in [7, 11) is 0. The highest BCUT2D eigenvalue weighted by atomic mass is 32.1. The van der Waals surface area contributed by atoms with E-state index in [0.717, 1.165) is 5.56 Å². The lowest BCUT2D eigenvalue weighted by atomic mass is 10.1. The summed E-state index contributed by atoms with van der Waals surface area (Å²) in [5.41, 5.74) is 0.752. The van der Waals surface area contributed by atoms with Crippen LogP contribution in [0, 0.1) is 11.7 Å². The fraction of sp³-hybridized carbons (Fsp3) is 0.462. The van der Waals surface area contributed by atoms with Crippen LogP contribution >= 0.6 is 12.6 Å². The Labute approximate surface area is 107 Å². The molecule has 0 fully saturated rings. The third kappa shape index (κ3) is 4.04. The van der Waals surface area contributed by atoms with Crippen LogP contribution < -0.4 is 5.32 Å². The first kappa shape index (κ1) is 14.0. The van der Waals surface area contributed by atoms with Gasteiger partial charge in [0.25, 0.3) is 0 Å². The summed E-state index contributed by atoms with van der Waals surface area (Å²) in [5, 5.41) is 2.48. The SMILES string of the molecule is CC(NC(=O)C(S)C(C)C)c1cccc(F)c1. The molecule has 2 unspecified atom stereocenters. The van der Waals surface area contributed by atoms with Crippen molar-refractivity contribution in [3.8, 4) is 0 Å². The second-order valence-corrected chi connectivity index (χ2v) is 5.03. The topological polar surface area (TPSA) is 29.1 Å². The van der Waals surface area contributed by atoms with Gasteiger partial charge in [-0.05, 0) is 30.5 Å². The van der Waals surface area contributed by atoms with Gasteiger partial charge in [-0.1, -0.05) is 26.0 Å². The van der Waals surface area contributed by atoms with E-state index in [0.29, 0.717) is 0 Å². The molecule has 1 N–H and O–H groups in total. The Bertz CT molecular complexity index is 395. The minimum absolute atomic E-state index is 0.125. The molecule has 0 bridgehead atoms. The largest absolute Gasteiger partial charge is 0.349 e. The van der Waals surface area contributed by atoms with Gasteiger partial charge in [-0.25, -0.2) is 4.39 Å². The van der Waals surface area contributed by atoms with E-state index in [9.17, 15) is 9.18 Å². The fourth-order valence-electron chi connectivity index (χ4n) is 1.46. The normalized spacial score (nSPS) is 14.5. The van der Waals surface area contributed by atoms with Crippen molar-refractivity contribution in [2.75, 3.05) is 0 Å². The van der Waals surface area contributed by atoms with E-state index < -0.39 is 0 Å².